The molecule has 1 heterocycles. The van der Waals surface area contributed by atoms with E-state index in [1.807, 2.05) is 0 Å². The van der Waals surface area contributed by atoms with E-state index in [2.05, 4.69) is 10.2 Å². The minimum Gasteiger partial charge on any atom is -0.271 e. The van der Waals surface area contributed by atoms with Crippen molar-refractivity contribution in [3.8, 4) is 6.07 Å². The van der Waals surface area contributed by atoms with Gasteiger partial charge in [0.15, 0.2) is 5.92 Å². The Kier molecular flexibility index (Phi) is 2.33. The first-order valence-electron chi connectivity index (χ1n) is 3.65. The highest BCUT2D eigenvalue weighted by Gasteiger charge is 2.28. The van der Waals surface area contributed by atoms with Gasteiger partial charge in [0.25, 0.3) is 5.91 Å². The molecule has 1 amide bonds. The van der Waals surface area contributed by atoms with E-state index in [1.54, 1.807) is 13.0 Å². The Labute approximate surface area is 74.7 Å². The Morgan fingerprint density at radius 1 is 1.54 bits per heavy atom. The number of allylic oxidation sites excluding steroid dienone is 1. The zero-order valence-corrected chi connectivity index (χ0v) is 7.24. The van der Waals surface area contributed by atoms with Gasteiger partial charge in [-0.05, 0) is 24.6 Å². The zero-order valence-electron chi connectivity index (χ0n) is 7.24. The molecule has 66 valence electrons. The topological polar surface area (TPSA) is 82.7 Å². The van der Waals surface area contributed by atoms with E-state index < -0.39 is 11.8 Å². The van der Waals surface area contributed by atoms with E-state index in [9.17, 15) is 9.70 Å². The first-order valence-corrected chi connectivity index (χ1v) is 3.65. The first kappa shape index (κ1) is 9.26. The maximum Gasteiger partial charge on any atom is 0.267 e. The van der Waals surface area contributed by atoms with Crippen LogP contribution in [0.15, 0.2) is 21.4 Å². The SMILES string of the molecule is CC1=NC(=O)C(C#N)C(C)=C1N=O. The molecule has 1 aliphatic heterocycles. The van der Waals surface area contributed by atoms with Crippen LogP contribution in [0.3, 0.4) is 0 Å². The van der Waals surface area contributed by atoms with Crippen LogP contribution in [-0.2, 0) is 4.79 Å². The predicted octanol–water partition coefficient (Wildman–Crippen LogP) is 1.17. The number of nitrogens with zero attached hydrogens (tertiary/aromatic N) is 3. The van der Waals surface area contributed by atoms with Crippen LogP contribution in [0.25, 0.3) is 0 Å². The Bertz CT molecular complexity index is 373. The van der Waals surface area contributed by atoms with Gasteiger partial charge in [-0.3, -0.25) is 4.79 Å². The van der Waals surface area contributed by atoms with Crippen molar-refractivity contribution in [2.75, 3.05) is 0 Å². The molecular weight excluding hydrogens is 170 g/mol. The Morgan fingerprint density at radius 2 is 2.15 bits per heavy atom. The largest absolute Gasteiger partial charge is 0.271 e. The fraction of sp³-hybridized carbons (Fsp3) is 0.375. The molecule has 1 atom stereocenters. The molecule has 0 saturated heterocycles. The Morgan fingerprint density at radius 3 is 2.62 bits per heavy atom. The molecule has 1 aliphatic rings. The number of amides is 1. The maximum absolute atomic E-state index is 11.1. The average Bonchev–Trinajstić information content (AvgIpc) is 2.04. The minimum atomic E-state index is -0.948. The minimum absolute atomic E-state index is 0.117. The molecule has 0 aromatic heterocycles. The second kappa shape index (κ2) is 3.27. The number of rotatable bonds is 1. The van der Waals surface area contributed by atoms with E-state index in [1.165, 1.54) is 6.92 Å². The second-order valence-corrected chi connectivity index (χ2v) is 2.72. The third-order valence-corrected chi connectivity index (χ3v) is 1.89. The monoisotopic (exact) mass is 177 g/mol. The lowest BCUT2D eigenvalue weighted by Crippen LogP contribution is -2.21. The number of hydrogen-bond donors (Lipinski definition) is 0. The number of hydrogen-bond acceptors (Lipinski definition) is 4. The molecule has 0 N–H and O–H groups in total. The molecular formula is C8H7N3O2. The van der Waals surface area contributed by atoms with Crippen molar-refractivity contribution in [3.63, 3.8) is 0 Å². The zero-order chi connectivity index (χ0) is 10.0. The second-order valence-electron chi connectivity index (χ2n) is 2.72. The summed E-state index contributed by atoms with van der Waals surface area (Å²) in [5.74, 6) is -1.47. The number of carbonyl (C=O) groups excluding carboxylic acids is 1. The van der Waals surface area contributed by atoms with Crippen LogP contribution in [0.2, 0.25) is 0 Å². The molecule has 1 unspecified atom stereocenters. The standard InChI is InChI=1S/C8H7N3O2/c1-4-6(3-9)8(12)10-5(2)7(4)11-13/h6H,1-2H3. The average molecular weight is 177 g/mol. The van der Waals surface area contributed by atoms with E-state index in [0.29, 0.717) is 5.57 Å². The van der Waals surface area contributed by atoms with Crippen LogP contribution in [0.1, 0.15) is 13.8 Å². The lowest BCUT2D eigenvalue weighted by atomic mass is 9.95. The summed E-state index contributed by atoms with van der Waals surface area (Å²) >= 11 is 0. The lowest BCUT2D eigenvalue weighted by molar-refractivity contribution is -0.119. The van der Waals surface area contributed by atoms with Gasteiger partial charge in [-0.15, -0.1) is 4.91 Å². The van der Waals surface area contributed by atoms with Gasteiger partial charge in [-0.1, -0.05) is 0 Å². The van der Waals surface area contributed by atoms with Gasteiger partial charge < -0.3 is 0 Å². The van der Waals surface area contributed by atoms with Gasteiger partial charge in [0.05, 0.1) is 11.8 Å². The van der Waals surface area contributed by atoms with Crippen molar-refractivity contribution in [1.29, 1.82) is 5.26 Å². The van der Waals surface area contributed by atoms with Gasteiger partial charge in [-0.2, -0.15) is 5.26 Å². The third-order valence-electron chi connectivity index (χ3n) is 1.89. The van der Waals surface area contributed by atoms with Crippen LogP contribution >= 0.6 is 0 Å². The molecule has 5 heteroatoms. The van der Waals surface area contributed by atoms with Crippen molar-refractivity contribution in [1.82, 2.24) is 0 Å². The quantitative estimate of drug-likeness (QED) is 0.563. The molecule has 0 radical (unpaired) electrons. The first-order chi connectivity index (χ1) is 6.11. The third kappa shape index (κ3) is 1.38. The number of dihydropyridines is 1. The fourth-order valence-corrected chi connectivity index (χ4v) is 1.18. The van der Waals surface area contributed by atoms with Crippen LogP contribution in [0, 0.1) is 22.2 Å². The van der Waals surface area contributed by atoms with E-state index in [0.717, 1.165) is 0 Å². The number of nitriles is 1. The summed E-state index contributed by atoms with van der Waals surface area (Å²) in [6.07, 6.45) is 0. The van der Waals surface area contributed by atoms with E-state index in [-0.39, 0.29) is 11.4 Å². The predicted molar refractivity (Wildman–Crippen MR) is 45.7 cm³/mol. The Balaban J connectivity index is 3.27. The molecule has 0 bridgehead atoms. The number of carbonyl (C=O) groups is 1. The van der Waals surface area contributed by atoms with Gasteiger partial charge in [0, 0.05) is 0 Å². The van der Waals surface area contributed by atoms with Crippen molar-refractivity contribution >= 4 is 11.6 Å². The molecule has 0 saturated carbocycles. The maximum atomic E-state index is 11.1. The van der Waals surface area contributed by atoms with Crippen molar-refractivity contribution < 1.29 is 4.79 Å². The van der Waals surface area contributed by atoms with Crippen LogP contribution in [0.5, 0.6) is 0 Å². The summed E-state index contributed by atoms with van der Waals surface area (Å²) in [5, 5.41) is 11.4. The summed E-state index contributed by atoms with van der Waals surface area (Å²) in [5.41, 5.74) is 0.783. The highest BCUT2D eigenvalue weighted by atomic mass is 16.3. The van der Waals surface area contributed by atoms with Gasteiger partial charge in [-0.25, -0.2) is 4.99 Å². The molecule has 0 aliphatic carbocycles. The summed E-state index contributed by atoms with van der Waals surface area (Å²) in [6.45, 7) is 3.06. The number of aliphatic imine (C=N–C) groups is 1. The normalized spacial score (nSPS) is 22.4. The summed E-state index contributed by atoms with van der Waals surface area (Å²) in [7, 11) is 0. The molecule has 5 nitrogen and oxygen atoms in total. The molecule has 0 aromatic rings. The van der Waals surface area contributed by atoms with Crippen LogP contribution < -0.4 is 0 Å². The molecule has 0 fully saturated rings. The van der Waals surface area contributed by atoms with Crippen LogP contribution in [0.4, 0.5) is 0 Å². The van der Waals surface area contributed by atoms with Gasteiger partial charge in [0.2, 0.25) is 0 Å². The highest BCUT2D eigenvalue weighted by molar-refractivity contribution is 6.09. The summed E-state index contributed by atoms with van der Waals surface area (Å²) < 4.78 is 0. The van der Waals surface area contributed by atoms with Gasteiger partial charge >= 0.3 is 0 Å². The summed E-state index contributed by atoms with van der Waals surface area (Å²) in [6, 6.07) is 1.77. The van der Waals surface area contributed by atoms with E-state index in [4.69, 9.17) is 5.26 Å². The smallest absolute Gasteiger partial charge is 0.267 e. The summed E-state index contributed by atoms with van der Waals surface area (Å²) in [4.78, 5) is 25.0. The van der Waals surface area contributed by atoms with Crippen LogP contribution in [-0.4, -0.2) is 11.6 Å². The molecule has 0 spiro atoms. The number of nitroso groups, excluding NO2 is 1. The van der Waals surface area contributed by atoms with Gasteiger partial charge in [0.1, 0.15) is 5.70 Å². The molecule has 1 rings (SSSR count). The molecule has 13 heavy (non-hydrogen) atoms. The fourth-order valence-electron chi connectivity index (χ4n) is 1.18. The van der Waals surface area contributed by atoms with Crippen molar-refractivity contribution in [2.24, 2.45) is 16.1 Å². The Hall–Kier alpha value is -1.83. The highest BCUT2D eigenvalue weighted by Crippen LogP contribution is 2.22. The van der Waals surface area contributed by atoms with Crippen molar-refractivity contribution in [3.05, 3.63) is 16.2 Å². The van der Waals surface area contributed by atoms with Crippen molar-refractivity contribution in [2.45, 2.75) is 13.8 Å². The van der Waals surface area contributed by atoms with E-state index >= 15 is 0 Å². The molecule has 0 aromatic carbocycles. The lowest BCUT2D eigenvalue weighted by Gasteiger charge is -2.13.